The van der Waals surface area contributed by atoms with Gasteiger partial charge in [-0.05, 0) is 32.0 Å². The van der Waals surface area contributed by atoms with Gasteiger partial charge in [-0.2, -0.15) is 0 Å². The zero-order chi connectivity index (χ0) is 15.2. The molecule has 0 aromatic heterocycles. The van der Waals surface area contributed by atoms with E-state index >= 15 is 0 Å². The average molecular weight is 279 g/mol. The third-order valence-corrected chi connectivity index (χ3v) is 2.76. The summed E-state index contributed by atoms with van der Waals surface area (Å²) in [7, 11) is 1.56. The van der Waals surface area contributed by atoms with E-state index in [0.717, 1.165) is 0 Å². The maximum absolute atomic E-state index is 13.2. The van der Waals surface area contributed by atoms with Crippen molar-refractivity contribution in [2.24, 2.45) is 0 Å². The number of aliphatic hydroxyl groups excluding tert-OH is 1. The van der Waals surface area contributed by atoms with E-state index in [4.69, 9.17) is 9.84 Å². The number of ether oxygens (including phenoxy) is 1. The molecule has 1 aromatic carbocycles. The van der Waals surface area contributed by atoms with Gasteiger partial charge < -0.3 is 15.2 Å². The minimum atomic E-state index is -0.493. The second-order valence-electron chi connectivity index (χ2n) is 4.80. The topological polar surface area (TPSA) is 58.6 Å². The lowest BCUT2D eigenvalue weighted by Gasteiger charge is -2.23. The number of carbonyl (C=O) groups is 1. The highest BCUT2D eigenvalue weighted by Gasteiger charge is 2.19. The Bertz CT molecular complexity index is 544. The van der Waals surface area contributed by atoms with Gasteiger partial charge in [-0.1, -0.05) is 11.8 Å². The fourth-order valence-corrected chi connectivity index (χ4v) is 1.41. The lowest BCUT2D eigenvalue weighted by atomic mass is 10.1. The summed E-state index contributed by atoms with van der Waals surface area (Å²) in [5.74, 6) is 4.12. The molecule has 108 valence electrons. The summed E-state index contributed by atoms with van der Waals surface area (Å²) in [5.41, 5.74) is 0.0122. The van der Waals surface area contributed by atoms with Gasteiger partial charge in [0.2, 0.25) is 0 Å². The van der Waals surface area contributed by atoms with Crippen molar-refractivity contribution in [3.8, 4) is 11.8 Å². The Hall–Kier alpha value is -1.90. The summed E-state index contributed by atoms with van der Waals surface area (Å²) in [4.78, 5) is 12.1. The Morgan fingerprint density at radius 1 is 1.50 bits per heavy atom. The van der Waals surface area contributed by atoms with E-state index in [1.54, 1.807) is 7.11 Å². The Morgan fingerprint density at radius 3 is 2.80 bits per heavy atom. The van der Waals surface area contributed by atoms with E-state index in [-0.39, 0.29) is 23.6 Å². The number of methoxy groups -OCH3 is 1. The van der Waals surface area contributed by atoms with E-state index < -0.39 is 11.4 Å². The molecule has 0 bridgehead atoms. The first-order valence-electron chi connectivity index (χ1n) is 6.12. The molecule has 0 radical (unpaired) electrons. The number of halogens is 1. The van der Waals surface area contributed by atoms with Crippen LogP contribution in [0.4, 0.5) is 4.39 Å². The van der Waals surface area contributed by atoms with Crippen LogP contribution in [0.2, 0.25) is 0 Å². The normalized spacial score (nSPS) is 10.7. The van der Waals surface area contributed by atoms with Crippen LogP contribution < -0.4 is 5.32 Å². The third kappa shape index (κ3) is 4.65. The summed E-state index contributed by atoms with van der Waals surface area (Å²) < 4.78 is 18.4. The molecule has 0 atom stereocenters. The minimum Gasteiger partial charge on any atom is -0.384 e. The molecule has 0 saturated carbocycles. The monoisotopic (exact) mass is 279 g/mol. The van der Waals surface area contributed by atoms with Gasteiger partial charge in [-0.3, -0.25) is 4.79 Å². The van der Waals surface area contributed by atoms with Crippen molar-refractivity contribution in [3.63, 3.8) is 0 Å². The van der Waals surface area contributed by atoms with Crippen molar-refractivity contribution < 1.29 is 19.0 Å². The summed E-state index contributed by atoms with van der Waals surface area (Å²) in [6.07, 6.45) is 0. The predicted molar refractivity (Wildman–Crippen MR) is 73.8 cm³/mol. The van der Waals surface area contributed by atoms with E-state index in [0.29, 0.717) is 6.54 Å². The number of carbonyl (C=O) groups excluding carboxylic acids is 1. The second kappa shape index (κ2) is 7.04. The molecule has 0 fully saturated rings. The first kappa shape index (κ1) is 16.2. The van der Waals surface area contributed by atoms with Crippen molar-refractivity contribution in [3.05, 3.63) is 35.1 Å². The number of rotatable bonds is 4. The first-order chi connectivity index (χ1) is 9.39. The summed E-state index contributed by atoms with van der Waals surface area (Å²) in [5, 5.41) is 11.4. The zero-order valence-corrected chi connectivity index (χ0v) is 11.8. The number of hydrogen-bond donors (Lipinski definition) is 2. The molecule has 20 heavy (non-hydrogen) atoms. The van der Waals surface area contributed by atoms with Gasteiger partial charge in [-0.25, -0.2) is 4.39 Å². The number of nitrogens with one attached hydrogen (secondary N) is 1. The highest BCUT2D eigenvalue weighted by Crippen LogP contribution is 2.11. The number of hydrogen-bond acceptors (Lipinski definition) is 3. The molecule has 4 nitrogen and oxygen atoms in total. The molecular formula is C15H18FNO3. The molecule has 0 aliphatic carbocycles. The number of amides is 1. The van der Waals surface area contributed by atoms with E-state index in [1.807, 2.05) is 13.8 Å². The van der Waals surface area contributed by atoms with Crippen LogP contribution in [0.1, 0.15) is 29.8 Å². The van der Waals surface area contributed by atoms with Gasteiger partial charge in [0.15, 0.2) is 0 Å². The van der Waals surface area contributed by atoms with Crippen LogP contribution in [0.3, 0.4) is 0 Å². The van der Waals surface area contributed by atoms with Crippen molar-refractivity contribution in [2.75, 3.05) is 20.3 Å². The summed E-state index contributed by atoms with van der Waals surface area (Å²) in [6.45, 7) is 3.63. The second-order valence-corrected chi connectivity index (χ2v) is 4.80. The predicted octanol–water partition coefficient (Wildman–Crippen LogP) is 1.32. The SMILES string of the molecule is COC(C)(C)CNC(=O)c1ccc(F)cc1C#CCO. The molecular weight excluding hydrogens is 261 g/mol. The highest BCUT2D eigenvalue weighted by molar-refractivity contribution is 5.96. The summed E-state index contributed by atoms with van der Waals surface area (Å²) >= 11 is 0. The molecule has 0 heterocycles. The Balaban J connectivity index is 2.92. The summed E-state index contributed by atoms with van der Waals surface area (Å²) in [6, 6.07) is 3.73. The standard InChI is InChI=1S/C15H18FNO3/c1-15(2,20-3)10-17-14(19)13-7-6-12(16)9-11(13)5-4-8-18/h6-7,9,18H,8,10H2,1-3H3,(H,17,19). The van der Waals surface area contributed by atoms with Crippen LogP contribution in [-0.4, -0.2) is 36.9 Å². The fraction of sp³-hybridized carbons (Fsp3) is 0.400. The van der Waals surface area contributed by atoms with Gasteiger partial charge in [0.1, 0.15) is 12.4 Å². The van der Waals surface area contributed by atoms with E-state index in [9.17, 15) is 9.18 Å². The molecule has 5 heteroatoms. The zero-order valence-electron chi connectivity index (χ0n) is 11.8. The first-order valence-corrected chi connectivity index (χ1v) is 6.12. The molecule has 0 aliphatic rings. The average Bonchev–Trinajstić information content (AvgIpc) is 2.42. The molecule has 0 spiro atoms. The lowest BCUT2D eigenvalue weighted by molar-refractivity contribution is 0.0228. The largest absolute Gasteiger partial charge is 0.384 e. The molecule has 1 rings (SSSR count). The van der Waals surface area contributed by atoms with Gasteiger partial charge in [0, 0.05) is 19.2 Å². The van der Waals surface area contributed by atoms with Crippen LogP contribution in [0.5, 0.6) is 0 Å². The van der Waals surface area contributed by atoms with Crippen LogP contribution in [-0.2, 0) is 4.74 Å². The minimum absolute atomic E-state index is 0.242. The quantitative estimate of drug-likeness (QED) is 0.817. The molecule has 0 unspecified atom stereocenters. The van der Waals surface area contributed by atoms with Crippen LogP contribution in [0.15, 0.2) is 18.2 Å². The van der Waals surface area contributed by atoms with Crippen molar-refractivity contribution in [1.82, 2.24) is 5.32 Å². The van der Waals surface area contributed by atoms with Crippen LogP contribution in [0, 0.1) is 17.7 Å². The van der Waals surface area contributed by atoms with E-state index in [1.165, 1.54) is 18.2 Å². The highest BCUT2D eigenvalue weighted by atomic mass is 19.1. The van der Waals surface area contributed by atoms with Gasteiger partial charge in [-0.15, -0.1) is 0 Å². The maximum atomic E-state index is 13.2. The molecule has 2 N–H and O–H groups in total. The fourth-order valence-electron chi connectivity index (χ4n) is 1.41. The molecule has 1 amide bonds. The maximum Gasteiger partial charge on any atom is 0.252 e. The third-order valence-electron chi connectivity index (χ3n) is 2.76. The Kier molecular flexibility index (Phi) is 5.68. The number of aliphatic hydroxyl groups is 1. The molecule has 1 aromatic rings. The van der Waals surface area contributed by atoms with Gasteiger partial charge in [0.05, 0.1) is 11.2 Å². The van der Waals surface area contributed by atoms with E-state index in [2.05, 4.69) is 17.2 Å². The van der Waals surface area contributed by atoms with Crippen molar-refractivity contribution >= 4 is 5.91 Å². The van der Waals surface area contributed by atoms with Crippen molar-refractivity contribution in [2.45, 2.75) is 19.4 Å². The molecule has 0 aliphatic heterocycles. The van der Waals surface area contributed by atoms with Crippen LogP contribution >= 0.6 is 0 Å². The van der Waals surface area contributed by atoms with Crippen molar-refractivity contribution in [1.29, 1.82) is 0 Å². The number of benzene rings is 1. The molecule has 0 saturated heterocycles. The Morgan fingerprint density at radius 2 is 2.20 bits per heavy atom. The Labute approximate surface area is 117 Å². The lowest BCUT2D eigenvalue weighted by Crippen LogP contribution is -2.39. The smallest absolute Gasteiger partial charge is 0.252 e. The van der Waals surface area contributed by atoms with Gasteiger partial charge >= 0.3 is 0 Å². The van der Waals surface area contributed by atoms with Gasteiger partial charge in [0.25, 0.3) is 5.91 Å². The van der Waals surface area contributed by atoms with Crippen LogP contribution in [0.25, 0.3) is 0 Å².